The number of carbonyl (C=O) groups excluding carboxylic acids is 2. The number of carbonyl (C=O) groups is 2. The lowest BCUT2D eigenvalue weighted by Crippen LogP contribution is -2.44. The third kappa shape index (κ3) is 4.53. The molecule has 2 aliphatic rings. The Hall–Kier alpha value is -2.28. The highest BCUT2D eigenvalue weighted by molar-refractivity contribution is 5.99. The Kier molecular flexibility index (Phi) is 6.55. The summed E-state index contributed by atoms with van der Waals surface area (Å²) in [6.07, 6.45) is 3.52. The van der Waals surface area contributed by atoms with Crippen molar-refractivity contribution in [2.24, 2.45) is 5.92 Å². The standard InChI is InChI=1S/C20H28N2O5/c1-25-16-6-3-7-17(26-2)18(16)20(24)22-10-8-14(9-11-22)19(23)21-13-15-5-4-12-27-15/h3,6-7,14-15H,4-5,8-13H2,1-2H3,(H,21,23)/t15-/m1/s1. The van der Waals surface area contributed by atoms with Crippen molar-refractivity contribution in [3.05, 3.63) is 23.8 Å². The number of methoxy groups -OCH3 is 2. The first-order chi connectivity index (χ1) is 13.1. The van der Waals surface area contributed by atoms with E-state index < -0.39 is 0 Å². The van der Waals surface area contributed by atoms with Crippen LogP contribution in [0.4, 0.5) is 0 Å². The minimum atomic E-state index is -0.123. The summed E-state index contributed by atoms with van der Waals surface area (Å²) in [5.74, 6) is 0.872. The predicted molar refractivity (Wildman–Crippen MR) is 100 cm³/mol. The van der Waals surface area contributed by atoms with Gasteiger partial charge in [-0.2, -0.15) is 0 Å². The van der Waals surface area contributed by atoms with Crippen LogP contribution in [-0.4, -0.2) is 63.3 Å². The Bertz CT molecular complexity index is 642. The van der Waals surface area contributed by atoms with Crippen molar-refractivity contribution < 1.29 is 23.8 Å². The molecule has 2 aliphatic heterocycles. The van der Waals surface area contributed by atoms with Crippen LogP contribution in [0, 0.1) is 5.92 Å². The van der Waals surface area contributed by atoms with Crippen LogP contribution < -0.4 is 14.8 Å². The largest absolute Gasteiger partial charge is 0.496 e. The van der Waals surface area contributed by atoms with E-state index in [0.29, 0.717) is 49.5 Å². The highest BCUT2D eigenvalue weighted by atomic mass is 16.5. The SMILES string of the molecule is COc1cccc(OC)c1C(=O)N1CCC(C(=O)NC[C@H]2CCCO2)CC1. The van der Waals surface area contributed by atoms with Gasteiger partial charge in [-0.05, 0) is 37.8 Å². The van der Waals surface area contributed by atoms with Gasteiger partial charge in [0.1, 0.15) is 17.1 Å². The number of nitrogens with one attached hydrogen (secondary N) is 1. The molecule has 2 saturated heterocycles. The molecule has 2 amide bonds. The second-order valence-corrected chi connectivity index (χ2v) is 6.98. The lowest BCUT2D eigenvalue weighted by Gasteiger charge is -2.32. The molecule has 2 fully saturated rings. The minimum Gasteiger partial charge on any atom is -0.496 e. The molecule has 0 saturated carbocycles. The Labute approximate surface area is 160 Å². The molecule has 0 aromatic heterocycles. The van der Waals surface area contributed by atoms with Crippen LogP contribution in [0.15, 0.2) is 18.2 Å². The van der Waals surface area contributed by atoms with Gasteiger partial charge in [0.2, 0.25) is 5.91 Å². The van der Waals surface area contributed by atoms with Crippen molar-refractivity contribution in [1.29, 1.82) is 0 Å². The molecule has 1 aromatic rings. The van der Waals surface area contributed by atoms with E-state index in [0.717, 1.165) is 19.4 Å². The van der Waals surface area contributed by atoms with Crippen LogP contribution in [0.3, 0.4) is 0 Å². The molecule has 0 spiro atoms. The Morgan fingerprint density at radius 2 is 1.81 bits per heavy atom. The van der Waals surface area contributed by atoms with Gasteiger partial charge in [0.05, 0.1) is 20.3 Å². The van der Waals surface area contributed by atoms with E-state index in [1.165, 1.54) is 14.2 Å². The average molecular weight is 376 g/mol. The quantitative estimate of drug-likeness (QED) is 0.820. The molecule has 0 aliphatic carbocycles. The second-order valence-electron chi connectivity index (χ2n) is 6.98. The summed E-state index contributed by atoms with van der Waals surface area (Å²) in [6.45, 7) is 2.44. The maximum absolute atomic E-state index is 13.0. The number of rotatable bonds is 6. The van der Waals surface area contributed by atoms with Gasteiger partial charge >= 0.3 is 0 Å². The van der Waals surface area contributed by atoms with Gasteiger partial charge in [0.15, 0.2) is 0 Å². The first-order valence-electron chi connectivity index (χ1n) is 9.53. The van der Waals surface area contributed by atoms with Crippen molar-refractivity contribution in [3.63, 3.8) is 0 Å². The molecule has 7 nitrogen and oxygen atoms in total. The molecule has 1 N–H and O–H groups in total. The fraction of sp³-hybridized carbons (Fsp3) is 0.600. The third-order valence-corrected chi connectivity index (χ3v) is 5.32. The molecule has 148 valence electrons. The van der Waals surface area contributed by atoms with E-state index in [2.05, 4.69) is 5.32 Å². The molecule has 1 atom stereocenters. The summed E-state index contributed by atoms with van der Waals surface area (Å²) in [5.41, 5.74) is 0.434. The van der Waals surface area contributed by atoms with Crippen LogP contribution in [0.1, 0.15) is 36.0 Å². The van der Waals surface area contributed by atoms with Crippen LogP contribution in [0.2, 0.25) is 0 Å². The zero-order valence-electron chi connectivity index (χ0n) is 16.0. The Morgan fingerprint density at radius 3 is 2.37 bits per heavy atom. The predicted octanol–water partition coefficient (Wildman–Crippen LogP) is 1.85. The topological polar surface area (TPSA) is 77.1 Å². The van der Waals surface area contributed by atoms with E-state index >= 15 is 0 Å². The molecular weight excluding hydrogens is 348 g/mol. The fourth-order valence-electron chi connectivity index (χ4n) is 3.73. The van der Waals surface area contributed by atoms with E-state index in [9.17, 15) is 9.59 Å². The van der Waals surface area contributed by atoms with Gasteiger partial charge in [0.25, 0.3) is 5.91 Å². The molecule has 27 heavy (non-hydrogen) atoms. The van der Waals surface area contributed by atoms with Crippen LogP contribution in [-0.2, 0) is 9.53 Å². The highest BCUT2D eigenvalue weighted by Crippen LogP contribution is 2.31. The van der Waals surface area contributed by atoms with Gasteiger partial charge < -0.3 is 24.4 Å². The summed E-state index contributed by atoms with van der Waals surface area (Å²) >= 11 is 0. The van der Waals surface area contributed by atoms with Crippen molar-refractivity contribution in [2.45, 2.75) is 31.8 Å². The monoisotopic (exact) mass is 376 g/mol. The zero-order chi connectivity index (χ0) is 19.2. The fourth-order valence-corrected chi connectivity index (χ4v) is 3.73. The molecule has 7 heteroatoms. The van der Waals surface area contributed by atoms with Crippen molar-refractivity contribution in [3.8, 4) is 11.5 Å². The number of likely N-dealkylation sites (tertiary alicyclic amines) is 1. The molecule has 1 aromatic carbocycles. The van der Waals surface area contributed by atoms with Gasteiger partial charge in [-0.25, -0.2) is 0 Å². The van der Waals surface area contributed by atoms with E-state index in [4.69, 9.17) is 14.2 Å². The van der Waals surface area contributed by atoms with E-state index in [-0.39, 0.29) is 23.8 Å². The number of hydrogen-bond acceptors (Lipinski definition) is 5. The van der Waals surface area contributed by atoms with E-state index in [1.807, 2.05) is 0 Å². The maximum Gasteiger partial charge on any atom is 0.261 e. The molecule has 0 unspecified atom stereocenters. The molecule has 0 bridgehead atoms. The molecule has 0 radical (unpaired) electrons. The lowest BCUT2D eigenvalue weighted by atomic mass is 9.95. The Balaban J connectivity index is 1.56. The van der Waals surface area contributed by atoms with Crippen molar-refractivity contribution in [1.82, 2.24) is 10.2 Å². The van der Waals surface area contributed by atoms with Gasteiger partial charge in [0, 0.05) is 32.2 Å². The van der Waals surface area contributed by atoms with Gasteiger partial charge in [-0.15, -0.1) is 0 Å². The average Bonchev–Trinajstić information content (AvgIpc) is 3.24. The van der Waals surface area contributed by atoms with E-state index in [1.54, 1.807) is 23.1 Å². The first kappa shape index (κ1) is 19.5. The number of hydrogen-bond donors (Lipinski definition) is 1. The van der Waals surface area contributed by atoms with Gasteiger partial charge in [-0.3, -0.25) is 9.59 Å². The first-order valence-corrected chi connectivity index (χ1v) is 9.53. The Morgan fingerprint density at radius 1 is 1.15 bits per heavy atom. The number of amides is 2. The number of nitrogens with zero attached hydrogens (tertiary/aromatic N) is 1. The lowest BCUT2D eigenvalue weighted by molar-refractivity contribution is -0.126. The second kappa shape index (κ2) is 9.08. The maximum atomic E-state index is 13.0. The minimum absolute atomic E-state index is 0.0602. The summed E-state index contributed by atoms with van der Waals surface area (Å²) in [6, 6.07) is 5.29. The highest BCUT2D eigenvalue weighted by Gasteiger charge is 2.30. The normalized spacial score (nSPS) is 20.4. The number of ether oxygens (including phenoxy) is 3. The number of benzene rings is 1. The van der Waals surface area contributed by atoms with Crippen LogP contribution in [0.5, 0.6) is 11.5 Å². The van der Waals surface area contributed by atoms with Crippen LogP contribution in [0.25, 0.3) is 0 Å². The number of piperidine rings is 1. The smallest absolute Gasteiger partial charge is 0.261 e. The molecule has 3 rings (SSSR count). The summed E-state index contributed by atoms with van der Waals surface area (Å²) in [7, 11) is 3.08. The van der Waals surface area contributed by atoms with Crippen LogP contribution >= 0.6 is 0 Å². The zero-order valence-corrected chi connectivity index (χ0v) is 16.0. The van der Waals surface area contributed by atoms with Crippen molar-refractivity contribution in [2.75, 3.05) is 40.5 Å². The summed E-state index contributed by atoms with van der Waals surface area (Å²) in [4.78, 5) is 27.1. The summed E-state index contributed by atoms with van der Waals surface area (Å²) in [5, 5.41) is 3.00. The molecular formula is C20H28N2O5. The third-order valence-electron chi connectivity index (χ3n) is 5.32. The summed E-state index contributed by atoms with van der Waals surface area (Å²) < 4.78 is 16.2. The van der Waals surface area contributed by atoms with Gasteiger partial charge in [-0.1, -0.05) is 6.07 Å². The van der Waals surface area contributed by atoms with Crippen molar-refractivity contribution >= 4 is 11.8 Å². The molecule has 2 heterocycles.